The summed E-state index contributed by atoms with van der Waals surface area (Å²) in [6.07, 6.45) is 4.29. The lowest BCUT2D eigenvalue weighted by Crippen LogP contribution is -2.64. The number of nitrogens with zero attached hydrogens (tertiary/aromatic N) is 2. The van der Waals surface area contributed by atoms with E-state index in [1.165, 1.54) is 0 Å². The minimum atomic E-state index is -0.973. The fraction of sp³-hybridized carbons (Fsp3) is 0.407. The van der Waals surface area contributed by atoms with Crippen molar-refractivity contribution in [1.82, 2.24) is 14.8 Å². The van der Waals surface area contributed by atoms with E-state index in [1.807, 2.05) is 71.5 Å². The number of fused-ring (bicyclic) bond motifs is 1. The van der Waals surface area contributed by atoms with E-state index in [9.17, 15) is 9.59 Å². The van der Waals surface area contributed by atoms with Gasteiger partial charge < -0.3 is 14.8 Å². The standard InChI is InChI=1S/C27H31N3O2S/c1-19-10-12-21(13-11-19)28-26(32)27(2)18-29-23(20-7-4-3-5-8-20)14-15-24(29)25(31)30(27)17-22-9-6-16-33-22/h3-9,14-16,19,21H,10-13,17-18H2,1-2H3,(H,28,32)/t19?,21?,27-/m1/s1. The lowest BCUT2D eigenvalue weighted by molar-refractivity contribution is -0.134. The number of hydrogen-bond acceptors (Lipinski definition) is 3. The van der Waals surface area contributed by atoms with E-state index < -0.39 is 5.54 Å². The average Bonchev–Trinajstić information content (AvgIpc) is 3.49. The Morgan fingerprint density at radius 3 is 2.45 bits per heavy atom. The predicted octanol–water partition coefficient (Wildman–Crippen LogP) is 5.33. The normalized spacial score (nSPS) is 25.0. The molecule has 172 valence electrons. The molecule has 1 atom stereocenters. The molecule has 1 aromatic carbocycles. The van der Waals surface area contributed by atoms with Crippen molar-refractivity contribution in [3.05, 3.63) is 70.5 Å². The van der Waals surface area contributed by atoms with E-state index in [4.69, 9.17) is 0 Å². The SMILES string of the molecule is CC1CCC(NC(=O)[C@@]2(C)Cn3c(ccc3-c3ccccc3)C(=O)N2Cc2cccs2)CC1. The van der Waals surface area contributed by atoms with Gasteiger partial charge in [0.1, 0.15) is 11.2 Å². The van der Waals surface area contributed by atoms with E-state index in [-0.39, 0.29) is 17.9 Å². The molecule has 2 amide bonds. The van der Waals surface area contributed by atoms with E-state index in [0.29, 0.717) is 18.8 Å². The van der Waals surface area contributed by atoms with Crippen LogP contribution in [-0.2, 0) is 17.9 Å². The first-order valence-electron chi connectivity index (χ1n) is 11.9. The van der Waals surface area contributed by atoms with Gasteiger partial charge in [0.15, 0.2) is 0 Å². The number of rotatable bonds is 5. The molecule has 0 unspecified atom stereocenters. The maximum Gasteiger partial charge on any atom is 0.271 e. The zero-order valence-electron chi connectivity index (χ0n) is 19.3. The van der Waals surface area contributed by atoms with E-state index >= 15 is 0 Å². The summed E-state index contributed by atoms with van der Waals surface area (Å²) in [5.74, 6) is 0.577. The van der Waals surface area contributed by atoms with Gasteiger partial charge in [0.05, 0.1) is 13.1 Å². The number of benzene rings is 1. The second-order valence-electron chi connectivity index (χ2n) is 9.73. The van der Waals surface area contributed by atoms with Gasteiger partial charge in [-0.2, -0.15) is 0 Å². The van der Waals surface area contributed by atoms with Gasteiger partial charge >= 0.3 is 0 Å². The highest BCUT2D eigenvalue weighted by Gasteiger charge is 2.48. The average molecular weight is 462 g/mol. The molecule has 2 aromatic heterocycles. The molecule has 5 rings (SSSR count). The number of hydrogen-bond donors (Lipinski definition) is 1. The summed E-state index contributed by atoms with van der Waals surface area (Å²) in [6.45, 7) is 5.08. The number of amides is 2. The summed E-state index contributed by atoms with van der Waals surface area (Å²) in [6, 6.07) is 18.2. The van der Waals surface area contributed by atoms with Crippen LogP contribution in [0.5, 0.6) is 0 Å². The molecule has 2 aliphatic rings. The summed E-state index contributed by atoms with van der Waals surface area (Å²) in [5, 5.41) is 5.33. The summed E-state index contributed by atoms with van der Waals surface area (Å²) in [5.41, 5.74) is 1.69. The molecule has 1 fully saturated rings. The lowest BCUT2D eigenvalue weighted by atomic mass is 9.86. The van der Waals surface area contributed by atoms with Crippen LogP contribution in [0.4, 0.5) is 0 Å². The second-order valence-corrected chi connectivity index (χ2v) is 10.8. The van der Waals surface area contributed by atoms with Gasteiger partial charge in [-0.3, -0.25) is 9.59 Å². The number of thiophene rings is 1. The van der Waals surface area contributed by atoms with Crippen molar-refractivity contribution < 1.29 is 9.59 Å². The van der Waals surface area contributed by atoms with Gasteiger partial charge in [-0.1, -0.05) is 43.3 Å². The molecule has 3 aromatic rings. The van der Waals surface area contributed by atoms with E-state index in [2.05, 4.69) is 12.2 Å². The second kappa shape index (κ2) is 8.82. The molecule has 0 radical (unpaired) electrons. The van der Waals surface area contributed by atoms with Crippen LogP contribution in [0, 0.1) is 5.92 Å². The zero-order chi connectivity index (χ0) is 23.0. The van der Waals surface area contributed by atoms with Crippen molar-refractivity contribution in [2.45, 2.75) is 64.2 Å². The van der Waals surface area contributed by atoms with Gasteiger partial charge in [-0.05, 0) is 67.7 Å². The third-order valence-electron chi connectivity index (χ3n) is 7.31. The van der Waals surface area contributed by atoms with Crippen molar-refractivity contribution in [3.8, 4) is 11.3 Å². The third kappa shape index (κ3) is 4.12. The van der Waals surface area contributed by atoms with Crippen LogP contribution < -0.4 is 5.32 Å². The van der Waals surface area contributed by atoms with Crippen LogP contribution >= 0.6 is 11.3 Å². The molecule has 0 bridgehead atoms. The number of carbonyl (C=O) groups is 2. The molecule has 0 spiro atoms. The van der Waals surface area contributed by atoms with Crippen molar-refractivity contribution in [1.29, 1.82) is 0 Å². The Kier molecular flexibility index (Phi) is 5.87. The van der Waals surface area contributed by atoms with Gasteiger partial charge in [0.2, 0.25) is 5.91 Å². The maximum atomic E-state index is 13.8. The highest BCUT2D eigenvalue weighted by molar-refractivity contribution is 7.09. The first-order chi connectivity index (χ1) is 16.0. The molecular formula is C27H31N3O2S. The molecule has 6 heteroatoms. The van der Waals surface area contributed by atoms with Crippen LogP contribution in [0.2, 0.25) is 0 Å². The minimum Gasteiger partial charge on any atom is -0.351 e. The van der Waals surface area contributed by atoms with Crippen LogP contribution in [0.3, 0.4) is 0 Å². The number of nitrogens with one attached hydrogen (secondary N) is 1. The summed E-state index contributed by atoms with van der Waals surface area (Å²) in [4.78, 5) is 30.5. The molecular weight excluding hydrogens is 430 g/mol. The first-order valence-corrected chi connectivity index (χ1v) is 12.7. The van der Waals surface area contributed by atoms with Gasteiger partial charge in [-0.25, -0.2) is 0 Å². The molecule has 1 aliphatic heterocycles. The monoisotopic (exact) mass is 461 g/mol. The largest absolute Gasteiger partial charge is 0.351 e. The predicted molar refractivity (Wildman–Crippen MR) is 132 cm³/mol. The Hall–Kier alpha value is -2.86. The molecule has 1 aliphatic carbocycles. The van der Waals surface area contributed by atoms with E-state index in [1.54, 1.807) is 16.2 Å². The highest BCUT2D eigenvalue weighted by atomic mass is 32.1. The molecule has 1 saturated carbocycles. The van der Waals surface area contributed by atoms with Gasteiger partial charge in [0.25, 0.3) is 5.91 Å². The van der Waals surface area contributed by atoms with Crippen molar-refractivity contribution >= 4 is 23.2 Å². The Morgan fingerprint density at radius 1 is 1.03 bits per heavy atom. The molecule has 1 N–H and O–H groups in total. The summed E-state index contributed by atoms with van der Waals surface area (Å²) < 4.78 is 2.03. The maximum absolute atomic E-state index is 13.8. The Morgan fingerprint density at radius 2 is 1.76 bits per heavy atom. The van der Waals surface area contributed by atoms with Crippen molar-refractivity contribution in [2.75, 3.05) is 0 Å². The zero-order valence-corrected chi connectivity index (χ0v) is 20.1. The first kappa shape index (κ1) is 22.0. The molecule has 33 heavy (non-hydrogen) atoms. The van der Waals surface area contributed by atoms with Gasteiger partial charge in [-0.15, -0.1) is 11.3 Å². The summed E-state index contributed by atoms with van der Waals surface area (Å²) in [7, 11) is 0. The number of aromatic nitrogens is 1. The lowest BCUT2D eigenvalue weighted by Gasteiger charge is -2.45. The fourth-order valence-corrected chi connectivity index (χ4v) is 5.88. The van der Waals surface area contributed by atoms with Gasteiger partial charge in [0, 0.05) is 16.6 Å². The van der Waals surface area contributed by atoms with Crippen molar-refractivity contribution in [3.63, 3.8) is 0 Å². The van der Waals surface area contributed by atoms with Crippen LogP contribution in [-0.4, -0.2) is 32.9 Å². The fourth-order valence-electron chi connectivity index (χ4n) is 5.19. The topological polar surface area (TPSA) is 54.3 Å². The van der Waals surface area contributed by atoms with Crippen molar-refractivity contribution in [2.24, 2.45) is 5.92 Å². The molecule has 3 heterocycles. The Balaban J connectivity index is 1.50. The summed E-state index contributed by atoms with van der Waals surface area (Å²) >= 11 is 1.62. The smallest absolute Gasteiger partial charge is 0.271 e. The third-order valence-corrected chi connectivity index (χ3v) is 8.17. The molecule has 0 saturated heterocycles. The van der Waals surface area contributed by atoms with E-state index in [0.717, 1.165) is 47.7 Å². The minimum absolute atomic E-state index is 0.0506. The molecule has 5 nitrogen and oxygen atoms in total. The Labute approximate surface area is 199 Å². The Bertz CT molecular complexity index is 1130. The van der Waals surface area contributed by atoms with Crippen LogP contribution in [0.1, 0.15) is 54.9 Å². The number of carbonyl (C=O) groups excluding carboxylic acids is 2. The quantitative estimate of drug-likeness (QED) is 0.559. The highest BCUT2D eigenvalue weighted by Crippen LogP contribution is 2.35. The van der Waals surface area contributed by atoms with Crippen LogP contribution in [0.25, 0.3) is 11.3 Å². The van der Waals surface area contributed by atoms with Crippen LogP contribution in [0.15, 0.2) is 60.0 Å².